The molecule has 0 aliphatic carbocycles. The Bertz CT molecular complexity index is 3130. The number of hydrogen-bond donors (Lipinski definition) is 0. The third-order valence-electron chi connectivity index (χ3n) is 12.4. The Morgan fingerprint density at radius 2 is 1.28 bits per heavy atom. The van der Waals surface area contributed by atoms with Crippen molar-refractivity contribution >= 4 is 88.6 Å². The molecule has 0 atom stereocenters. The molecule has 0 radical (unpaired) electrons. The molecule has 0 spiro atoms. The number of thiophene rings is 1. The maximum Gasteiger partial charge on any atom is 0.180 e. The topological polar surface area (TPSA) is 34.0 Å². The first-order valence-electron chi connectivity index (χ1n) is 19.9. The van der Waals surface area contributed by atoms with Crippen molar-refractivity contribution in [3.05, 3.63) is 199 Å². The van der Waals surface area contributed by atoms with Gasteiger partial charge in [-0.3, -0.25) is 4.90 Å². The Balaban J connectivity index is 1.33. The molecule has 0 saturated heterocycles. The monoisotopic (exact) mass is 780 g/mol. The minimum absolute atomic E-state index is 0.293. The number of hydrogen-bond acceptors (Lipinski definition) is 4. The Hall–Kier alpha value is -6.60. The summed E-state index contributed by atoms with van der Waals surface area (Å²) in [5.74, 6) is 1.87. The summed E-state index contributed by atoms with van der Waals surface area (Å²) in [6.45, 7) is 4.81. The van der Waals surface area contributed by atoms with Crippen LogP contribution in [-0.2, 0) is 12.5 Å². The van der Waals surface area contributed by atoms with E-state index in [1.54, 1.807) is 0 Å². The lowest BCUT2D eigenvalue weighted by atomic mass is 9.73. The molecule has 7 aromatic carbocycles. The van der Waals surface area contributed by atoms with Crippen LogP contribution in [0.5, 0.6) is 0 Å². The van der Waals surface area contributed by atoms with Gasteiger partial charge in [0.2, 0.25) is 0 Å². The quantitative estimate of drug-likeness (QED) is 0.125. The Labute approximate surface area is 343 Å². The molecule has 6 heteroatoms. The summed E-state index contributed by atoms with van der Waals surface area (Å²) < 4.78 is 4.87. The van der Waals surface area contributed by atoms with E-state index in [9.17, 15) is 0 Å². The molecule has 0 fully saturated rings. The van der Waals surface area contributed by atoms with Gasteiger partial charge in [0, 0.05) is 50.0 Å². The number of nitrogens with zero attached hydrogens (tertiary/aromatic N) is 4. The van der Waals surface area contributed by atoms with E-state index in [1.807, 2.05) is 23.6 Å². The van der Waals surface area contributed by atoms with Crippen molar-refractivity contribution in [1.29, 1.82) is 0 Å². The van der Waals surface area contributed by atoms with Gasteiger partial charge in [0.15, 0.2) is 8.07 Å². The molecule has 1 aliphatic rings. The van der Waals surface area contributed by atoms with Gasteiger partial charge in [-0.15, -0.1) is 11.3 Å². The maximum atomic E-state index is 5.21. The van der Waals surface area contributed by atoms with Gasteiger partial charge in [-0.2, -0.15) is 0 Å². The number of anilines is 3. The lowest BCUT2D eigenvalue weighted by Gasteiger charge is -2.43. The molecule has 3 aromatic heterocycles. The van der Waals surface area contributed by atoms with Crippen LogP contribution in [0.2, 0.25) is 0 Å². The van der Waals surface area contributed by atoms with Crippen LogP contribution >= 0.6 is 11.3 Å². The van der Waals surface area contributed by atoms with Crippen LogP contribution in [0, 0.1) is 0 Å². The third kappa shape index (κ3) is 4.98. The molecule has 0 unspecified atom stereocenters. The largest absolute Gasteiger partial charge is 0.327 e. The number of aromatic nitrogens is 3. The number of pyridine rings is 1. The fraction of sp³-hybridized carbons (Fsp3) is 0.0769. The molecule has 0 N–H and O–H groups in total. The average Bonchev–Trinajstić information content (AvgIpc) is 3.83. The highest BCUT2D eigenvalue weighted by atomic mass is 32.1. The van der Waals surface area contributed by atoms with Crippen molar-refractivity contribution in [3.63, 3.8) is 0 Å². The van der Waals surface area contributed by atoms with Crippen molar-refractivity contribution in [1.82, 2.24) is 14.5 Å². The third-order valence-corrected chi connectivity index (χ3v) is 18.3. The fourth-order valence-electron chi connectivity index (χ4n) is 9.79. The van der Waals surface area contributed by atoms with Gasteiger partial charge >= 0.3 is 0 Å². The predicted molar refractivity (Wildman–Crippen MR) is 247 cm³/mol. The highest BCUT2D eigenvalue weighted by molar-refractivity contribution is 7.27. The first-order valence-corrected chi connectivity index (χ1v) is 22.7. The number of rotatable bonds is 6. The van der Waals surface area contributed by atoms with Crippen LogP contribution in [0.1, 0.15) is 25.0 Å². The number of para-hydroxylation sites is 3. The standard InChI is InChI=1S/C52H40N4SSi/c1-52(2)40-26-11-13-28-42(40)56(47-31-16-17-32-53-47)44-34-46(48-39-25-10-15-30-45(39)57-50(48)49(44)52)58(36-20-6-4-7-21-36,37-22-8-5-9-23-37)38-24-18-19-35(33-38)51-54-41-27-12-14-29-43(41)55(51)3/h4-34H,1-3H3. The molecule has 278 valence electrons. The van der Waals surface area contributed by atoms with E-state index in [0.717, 1.165) is 28.2 Å². The van der Waals surface area contributed by atoms with E-state index in [0.29, 0.717) is 0 Å². The number of imidazole rings is 1. The average molecular weight is 781 g/mol. The first kappa shape index (κ1) is 34.6. The molecular formula is C52H40N4SSi. The molecule has 11 rings (SSSR count). The summed E-state index contributed by atoms with van der Waals surface area (Å²) >= 11 is 1.93. The fourth-order valence-corrected chi connectivity index (χ4v) is 16.3. The van der Waals surface area contributed by atoms with Gasteiger partial charge in [0.05, 0.1) is 22.4 Å². The van der Waals surface area contributed by atoms with Gasteiger partial charge in [0.1, 0.15) is 11.6 Å². The molecular weight excluding hydrogens is 741 g/mol. The van der Waals surface area contributed by atoms with Crippen LogP contribution in [0.15, 0.2) is 188 Å². The van der Waals surface area contributed by atoms with Crippen LogP contribution in [0.4, 0.5) is 17.2 Å². The Kier molecular flexibility index (Phi) is 7.90. The lowest BCUT2D eigenvalue weighted by molar-refractivity contribution is 0.638. The van der Waals surface area contributed by atoms with Gasteiger partial charge < -0.3 is 4.57 Å². The first-order chi connectivity index (χ1) is 28.5. The molecule has 58 heavy (non-hydrogen) atoms. The minimum atomic E-state index is -3.17. The molecule has 1 aliphatic heterocycles. The van der Waals surface area contributed by atoms with Gasteiger partial charge in [-0.1, -0.05) is 153 Å². The summed E-state index contributed by atoms with van der Waals surface area (Å²) in [7, 11) is -1.04. The van der Waals surface area contributed by atoms with E-state index >= 15 is 0 Å². The van der Waals surface area contributed by atoms with E-state index in [4.69, 9.17) is 9.97 Å². The van der Waals surface area contributed by atoms with Crippen molar-refractivity contribution < 1.29 is 0 Å². The van der Waals surface area contributed by atoms with Crippen LogP contribution < -0.4 is 25.6 Å². The molecule has 0 saturated carbocycles. The van der Waals surface area contributed by atoms with Crippen molar-refractivity contribution in [2.45, 2.75) is 19.3 Å². The van der Waals surface area contributed by atoms with Crippen molar-refractivity contribution in [2.75, 3.05) is 4.90 Å². The zero-order valence-electron chi connectivity index (χ0n) is 32.6. The minimum Gasteiger partial charge on any atom is -0.327 e. The normalized spacial score (nSPS) is 13.5. The van der Waals surface area contributed by atoms with Crippen LogP contribution in [-0.4, -0.2) is 22.6 Å². The summed E-state index contributed by atoms with van der Waals surface area (Å²) in [4.78, 5) is 12.7. The molecule has 0 amide bonds. The molecule has 10 aromatic rings. The van der Waals surface area contributed by atoms with Crippen molar-refractivity contribution in [2.24, 2.45) is 7.05 Å². The molecule has 4 heterocycles. The van der Waals surface area contributed by atoms with Gasteiger partial charge in [-0.25, -0.2) is 9.97 Å². The Morgan fingerprint density at radius 1 is 0.603 bits per heavy atom. The molecule has 4 nitrogen and oxygen atoms in total. The van der Waals surface area contributed by atoms with Crippen LogP contribution in [0.25, 0.3) is 42.6 Å². The summed E-state index contributed by atoms with van der Waals surface area (Å²) in [6.07, 6.45) is 1.91. The zero-order chi connectivity index (χ0) is 39.0. The SMILES string of the molecule is Cn1c(-c2cccc([Si](c3ccccc3)(c3ccccc3)c3cc4c(c5sc6ccccc6c35)C(C)(C)c3ccccc3N4c3ccccn3)c2)nc2ccccc21. The number of aryl methyl sites for hydroxylation is 1. The van der Waals surface area contributed by atoms with Gasteiger partial charge in [-0.05, 0) is 68.8 Å². The molecule has 0 bridgehead atoms. The summed E-state index contributed by atoms with van der Waals surface area (Å²) in [5, 5.41) is 7.99. The second kappa shape index (κ2) is 13.2. The van der Waals surface area contributed by atoms with E-state index in [-0.39, 0.29) is 5.41 Å². The summed E-state index contributed by atoms with van der Waals surface area (Å²) in [5.41, 5.74) is 7.93. The van der Waals surface area contributed by atoms with Crippen LogP contribution in [0.3, 0.4) is 0 Å². The number of benzene rings is 7. The highest BCUT2D eigenvalue weighted by Crippen LogP contribution is 2.55. The van der Waals surface area contributed by atoms with Gasteiger partial charge in [0.25, 0.3) is 0 Å². The second-order valence-electron chi connectivity index (χ2n) is 15.8. The smallest absolute Gasteiger partial charge is 0.180 e. The maximum absolute atomic E-state index is 5.21. The van der Waals surface area contributed by atoms with E-state index < -0.39 is 8.07 Å². The van der Waals surface area contributed by atoms with E-state index in [1.165, 1.54) is 63.4 Å². The predicted octanol–water partition coefficient (Wildman–Crippen LogP) is 10.5. The lowest BCUT2D eigenvalue weighted by Crippen LogP contribution is -2.75. The number of fused-ring (bicyclic) bond motifs is 7. The summed E-state index contributed by atoms with van der Waals surface area (Å²) in [6, 6.07) is 67.2. The van der Waals surface area contributed by atoms with E-state index in [2.05, 4.69) is 206 Å². The Morgan fingerprint density at radius 3 is 2.03 bits per heavy atom. The zero-order valence-corrected chi connectivity index (χ0v) is 34.4. The highest BCUT2D eigenvalue weighted by Gasteiger charge is 2.47. The second-order valence-corrected chi connectivity index (χ2v) is 20.7. The van der Waals surface area contributed by atoms with Crippen molar-refractivity contribution in [3.8, 4) is 11.4 Å².